The molecule has 0 spiro atoms. The van der Waals surface area contributed by atoms with Gasteiger partial charge in [-0.05, 0) is 49.6 Å². The van der Waals surface area contributed by atoms with Crippen molar-refractivity contribution >= 4 is 28.7 Å². The Morgan fingerprint density at radius 1 is 1.03 bits per heavy atom. The number of fused-ring (bicyclic) bond motifs is 4. The summed E-state index contributed by atoms with van der Waals surface area (Å²) in [6.45, 7) is 7.91. The van der Waals surface area contributed by atoms with Crippen LogP contribution in [0, 0.1) is 20.8 Å². The number of thiophene rings is 1. The second-order valence-corrected chi connectivity index (χ2v) is 10.4. The summed E-state index contributed by atoms with van der Waals surface area (Å²) in [6, 6.07) is 16.4. The van der Waals surface area contributed by atoms with Gasteiger partial charge in [0, 0.05) is 34.8 Å². The van der Waals surface area contributed by atoms with Crippen molar-refractivity contribution in [1.29, 1.82) is 0 Å². The van der Waals surface area contributed by atoms with Crippen LogP contribution in [-0.2, 0) is 17.9 Å². The van der Waals surface area contributed by atoms with Crippen molar-refractivity contribution in [2.45, 2.75) is 46.3 Å². The first-order chi connectivity index (χ1) is 16.9. The molecule has 2 aliphatic heterocycles. The average Bonchev–Trinajstić information content (AvgIpc) is 3.50. The van der Waals surface area contributed by atoms with Gasteiger partial charge in [-0.25, -0.2) is 0 Å². The average molecular weight is 484 g/mol. The quantitative estimate of drug-likeness (QED) is 0.434. The highest BCUT2D eigenvalue weighted by atomic mass is 32.1. The van der Waals surface area contributed by atoms with E-state index in [1.165, 1.54) is 16.0 Å². The van der Waals surface area contributed by atoms with Crippen LogP contribution in [0.4, 0.5) is 5.69 Å². The maximum atomic E-state index is 11.7. The third kappa shape index (κ3) is 3.56. The summed E-state index contributed by atoms with van der Waals surface area (Å²) in [6.07, 6.45) is -0.140. The van der Waals surface area contributed by atoms with E-state index in [1.807, 2.05) is 11.5 Å². The highest BCUT2D eigenvalue weighted by molar-refractivity contribution is 7.15. The molecule has 7 nitrogen and oxygen atoms in total. The number of rotatable bonds is 4. The Morgan fingerprint density at radius 2 is 1.71 bits per heavy atom. The number of carbonyl (C=O) groups is 1. The molecular weight excluding hydrogens is 458 g/mol. The number of aryl methyl sites for hydroxylation is 2. The van der Waals surface area contributed by atoms with Crippen LogP contribution in [0.5, 0.6) is 0 Å². The van der Waals surface area contributed by atoms with E-state index in [-0.39, 0.29) is 6.42 Å². The molecule has 4 heterocycles. The van der Waals surface area contributed by atoms with Gasteiger partial charge < -0.3 is 10.0 Å². The van der Waals surface area contributed by atoms with E-state index in [2.05, 4.69) is 77.5 Å². The van der Waals surface area contributed by atoms with Crippen LogP contribution in [0.3, 0.4) is 0 Å². The summed E-state index contributed by atoms with van der Waals surface area (Å²) in [5, 5.41) is 19.2. The van der Waals surface area contributed by atoms with Crippen LogP contribution in [0.25, 0.3) is 5.00 Å². The molecule has 176 valence electrons. The van der Waals surface area contributed by atoms with E-state index in [9.17, 15) is 9.90 Å². The van der Waals surface area contributed by atoms with E-state index in [0.29, 0.717) is 5.82 Å². The fourth-order valence-electron chi connectivity index (χ4n) is 5.04. The van der Waals surface area contributed by atoms with Gasteiger partial charge in [0.25, 0.3) is 0 Å². The molecule has 6 rings (SSSR count). The van der Waals surface area contributed by atoms with Crippen LogP contribution in [-0.4, -0.2) is 31.6 Å². The first-order valence-electron chi connectivity index (χ1n) is 11.6. The van der Waals surface area contributed by atoms with Crippen LogP contribution >= 0.6 is 11.3 Å². The first kappa shape index (κ1) is 21.7. The van der Waals surface area contributed by atoms with Gasteiger partial charge >= 0.3 is 5.97 Å². The molecule has 0 bridgehead atoms. The van der Waals surface area contributed by atoms with Crippen molar-refractivity contribution in [3.8, 4) is 5.00 Å². The zero-order chi connectivity index (χ0) is 24.3. The topological polar surface area (TPSA) is 83.6 Å². The van der Waals surface area contributed by atoms with Crippen LogP contribution in [0.1, 0.15) is 56.8 Å². The summed E-state index contributed by atoms with van der Waals surface area (Å²) < 4.78 is 1.99. The third-order valence-corrected chi connectivity index (χ3v) is 8.15. The number of aromatic nitrogens is 3. The van der Waals surface area contributed by atoms with Crippen molar-refractivity contribution in [1.82, 2.24) is 14.8 Å². The molecule has 2 aliphatic rings. The summed E-state index contributed by atoms with van der Waals surface area (Å²) in [4.78, 5) is 20.3. The predicted octanol–water partition coefficient (Wildman–Crippen LogP) is 5.14. The Kier molecular flexibility index (Phi) is 5.07. The van der Waals surface area contributed by atoms with Crippen molar-refractivity contribution in [3.63, 3.8) is 0 Å². The molecule has 8 heteroatoms. The van der Waals surface area contributed by atoms with E-state index in [0.717, 1.165) is 52.0 Å². The molecule has 2 aromatic carbocycles. The Balaban J connectivity index is 1.44. The summed E-state index contributed by atoms with van der Waals surface area (Å²) in [7, 11) is 0. The lowest BCUT2D eigenvalue weighted by Gasteiger charge is -2.18. The van der Waals surface area contributed by atoms with E-state index < -0.39 is 12.0 Å². The number of hydrogen-bond acceptors (Lipinski definition) is 6. The van der Waals surface area contributed by atoms with Crippen LogP contribution in [0.15, 0.2) is 53.5 Å². The molecule has 2 aromatic heterocycles. The minimum Gasteiger partial charge on any atom is -0.481 e. The van der Waals surface area contributed by atoms with Gasteiger partial charge in [0.05, 0.1) is 12.1 Å². The molecule has 0 unspecified atom stereocenters. The number of nitrogens with zero attached hydrogens (tertiary/aromatic N) is 5. The number of anilines is 1. The van der Waals surface area contributed by atoms with Gasteiger partial charge in [0.2, 0.25) is 0 Å². The van der Waals surface area contributed by atoms with Crippen molar-refractivity contribution in [3.05, 3.63) is 92.9 Å². The predicted molar refractivity (Wildman–Crippen MR) is 137 cm³/mol. The third-order valence-electron chi connectivity index (χ3n) is 6.95. The van der Waals surface area contributed by atoms with Crippen molar-refractivity contribution in [2.24, 2.45) is 4.99 Å². The summed E-state index contributed by atoms with van der Waals surface area (Å²) >= 11 is 1.67. The molecular formula is C27H25N5O2S. The molecule has 0 aliphatic carbocycles. The first-order valence-corrected chi connectivity index (χ1v) is 12.5. The minimum absolute atomic E-state index is 0.140. The lowest BCUT2D eigenvalue weighted by atomic mass is 9.99. The Hall–Kier alpha value is -3.78. The highest BCUT2D eigenvalue weighted by Crippen LogP contribution is 2.40. The minimum atomic E-state index is -0.910. The van der Waals surface area contributed by atoms with Gasteiger partial charge in [-0.1, -0.05) is 36.4 Å². The van der Waals surface area contributed by atoms with Gasteiger partial charge in [-0.3, -0.25) is 14.4 Å². The van der Waals surface area contributed by atoms with Crippen LogP contribution in [0.2, 0.25) is 0 Å². The highest BCUT2D eigenvalue weighted by Gasteiger charge is 2.32. The second-order valence-electron chi connectivity index (χ2n) is 9.17. The molecule has 0 saturated carbocycles. The molecule has 4 aromatic rings. The largest absolute Gasteiger partial charge is 0.481 e. The maximum absolute atomic E-state index is 11.7. The monoisotopic (exact) mass is 483 g/mol. The molecule has 1 atom stereocenters. The fraction of sp³-hybridized carbons (Fsp3) is 0.259. The Labute approximate surface area is 207 Å². The number of carboxylic acids is 1. The number of hydrogen-bond donors (Lipinski definition) is 1. The Bertz CT molecular complexity index is 1470. The normalized spacial score (nSPS) is 16.4. The second kappa shape index (κ2) is 8.16. The summed E-state index contributed by atoms with van der Waals surface area (Å²) in [5.41, 5.74) is 7.87. The SMILES string of the molecule is Cc1sc2c(c1C)C(c1ccc(N3Cc4ccccc4C3)cc1)=N[C@@H](CC(=O)O)c1nnc(C)n1-2. The molecule has 35 heavy (non-hydrogen) atoms. The van der Waals surface area contributed by atoms with Crippen molar-refractivity contribution in [2.75, 3.05) is 4.90 Å². The number of benzene rings is 2. The maximum Gasteiger partial charge on any atom is 0.306 e. The summed E-state index contributed by atoms with van der Waals surface area (Å²) in [5.74, 6) is 0.402. The smallest absolute Gasteiger partial charge is 0.306 e. The van der Waals surface area contributed by atoms with Crippen LogP contribution < -0.4 is 4.90 Å². The zero-order valence-electron chi connectivity index (χ0n) is 19.8. The van der Waals surface area contributed by atoms with Gasteiger partial charge in [0.1, 0.15) is 16.9 Å². The van der Waals surface area contributed by atoms with E-state index >= 15 is 0 Å². The van der Waals surface area contributed by atoms with Gasteiger partial charge in [-0.2, -0.15) is 0 Å². The number of aliphatic imine (C=N–C) groups is 1. The lowest BCUT2D eigenvalue weighted by molar-refractivity contribution is -0.137. The number of carboxylic acid groups (broad SMARTS) is 1. The lowest BCUT2D eigenvalue weighted by Crippen LogP contribution is -2.15. The zero-order valence-corrected chi connectivity index (χ0v) is 20.6. The molecule has 0 saturated heterocycles. The van der Waals surface area contributed by atoms with E-state index in [4.69, 9.17) is 4.99 Å². The molecule has 0 radical (unpaired) electrons. The van der Waals surface area contributed by atoms with Gasteiger partial charge in [0.15, 0.2) is 5.82 Å². The standard InChI is InChI=1S/C27H25N5O2S/c1-15-16(2)35-27-24(15)25(28-22(12-23(33)34)26-30-29-17(3)32(26)27)18-8-10-21(11-9-18)31-13-19-6-4-5-7-20(19)14-31/h4-11,22H,12-14H2,1-3H3,(H,33,34)/t22-/m0/s1. The Morgan fingerprint density at radius 3 is 2.37 bits per heavy atom. The molecule has 1 N–H and O–H groups in total. The van der Waals surface area contributed by atoms with Crippen molar-refractivity contribution < 1.29 is 9.90 Å². The van der Waals surface area contributed by atoms with E-state index in [1.54, 1.807) is 11.3 Å². The van der Waals surface area contributed by atoms with Gasteiger partial charge in [-0.15, -0.1) is 21.5 Å². The fourth-order valence-corrected chi connectivity index (χ4v) is 6.25. The number of aliphatic carboxylic acids is 1. The molecule has 0 fully saturated rings. The molecule has 0 amide bonds.